The fourth-order valence-corrected chi connectivity index (χ4v) is 14.6. The maximum atomic E-state index is 13.3. The van der Waals surface area contributed by atoms with Gasteiger partial charge in [0.15, 0.2) is 0 Å². The molecule has 5 heterocycles. The number of benzene rings is 3. The molecule has 2 aromatic heterocycles. The molecule has 1 spiro atoms. The maximum Gasteiger partial charge on any atom is 0.281 e. The molecule has 5 fully saturated rings. The van der Waals surface area contributed by atoms with Gasteiger partial charge in [-0.1, -0.05) is 102 Å². The van der Waals surface area contributed by atoms with Crippen molar-refractivity contribution in [2.45, 2.75) is 167 Å². The van der Waals surface area contributed by atoms with Crippen LogP contribution in [0.25, 0.3) is 27.0 Å². The third-order valence-electron chi connectivity index (χ3n) is 17.6. The van der Waals surface area contributed by atoms with E-state index >= 15 is 0 Å². The first kappa shape index (κ1) is 57.3. The van der Waals surface area contributed by atoms with Crippen molar-refractivity contribution in [1.29, 1.82) is 0 Å². The van der Waals surface area contributed by atoms with E-state index in [0.717, 1.165) is 94.2 Å². The van der Waals surface area contributed by atoms with Gasteiger partial charge >= 0.3 is 0 Å². The zero-order valence-corrected chi connectivity index (χ0v) is 49.1. The molecule has 16 heteroatoms. The summed E-state index contributed by atoms with van der Waals surface area (Å²) >= 11 is 5.23. The van der Waals surface area contributed by atoms with Crippen molar-refractivity contribution in [3.8, 4) is 16.1 Å². The van der Waals surface area contributed by atoms with Crippen LogP contribution >= 0.6 is 27.3 Å². The lowest BCUT2D eigenvalue weighted by atomic mass is 9.69. The number of allylic oxidation sites excluding steroid dienone is 1. The highest BCUT2D eigenvalue weighted by Gasteiger charge is 2.47. The van der Waals surface area contributed by atoms with E-state index in [-0.39, 0.29) is 34.4 Å². The molecule has 0 bridgehead atoms. The number of halogens is 1. The van der Waals surface area contributed by atoms with E-state index in [0.29, 0.717) is 42.6 Å². The first-order valence-corrected chi connectivity index (χ1v) is 30.6. The summed E-state index contributed by atoms with van der Waals surface area (Å²) in [5.41, 5.74) is 16.4. The number of nitrogens with two attached hydrogens (primary N) is 2. The summed E-state index contributed by atoms with van der Waals surface area (Å²) in [6.07, 6.45) is 23.0. The van der Waals surface area contributed by atoms with Gasteiger partial charge in [-0.25, -0.2) is 10.8 Å². The predicted molar refractivity (Wildman–Crippen MR) is 317 cm³/mol. The van der Waals surface area contributed by atoms with E-state index in [1.54, 1.807) is 22.5 Å². The molecular weight excluding hydrogens is 1060 g/mol. The predicted octanol–water partition coefficient (Wildman–Crippen LogP) is 10.9. The first-order chi connectivity index (χ1) is 37.6. The molecule has 6 N–H and O–H groups in total. The summed E-state index contributed by atoms with van der Waals surface area (Å²) in [6.45, 7) is 15.2. The van der Waals surface area contributed by atoms with Crippen LogP contribution in [0.1, 0.15) is 171 Å². The number of fused-ring (bicyclic) bond motifs is 7. The Hall–Kier alpha value is -5.42. The number of piperidine rings is 1. The van der Waals surface area contributed by atoms with Crippen LogP contribution < -0.4 is 27.8 Å². The van der Waals surface area contributed by atoms with Crippen LogP contribution in [-0.2, 0) is 19.8 Å². The normalized spacial score (nSPS) is 20.4. The van der Waals surface area contributed by atoms with Gasteiger partial charge in [0.25, 0.3) is 5.56 Å². The van der Waals surface area contributed by atoms with Crippen LogP contribution in [0.3, 0.4) is 0 Å². The highest BCUT2D eigenvalue weighted by atomic mass is 79.9. The molecule has 3 saturated carbocycles. The van der Waals surface area contributed by atoms with Crippen LogP contribution in [0.2, 0.25) is 0 Å². The third-order valence-corrected chi connectivity index (χ3v) is 19.2. The molecule has 3 unspecified atom stereocenters. The van der Waals surface area contributed by atoms with Gasteiger partial charge in [-0.15, -0.1) is 11.3 Å². The Labute approximate surface area is 474 Å². The average molecular weight is 1140 g/mol. The summed E-state index contributed by atoms with van der Waals surface area (Å²) in [5, 5.41) is 7.50. The molecule has 5 aromatic rings. The van der Waals surface area contributed by atoms with Gasteiger partial charge in [-0.2, -0.15) is 4.98 Å². The Morgan fingerprint density at radius 3 is 2.26 bits per heavy atom. The summed E-state index contributed by atoms with van der Waals surface area (Å²) in [4.78, 5) is 62.1. The molecule has 6 aliphatic rings. The molecule has 14 nitrogen and oxygen atoms in total. The van der Waals surface area contributed by atoms with E-state index in [4.69, 9.17) is 16.6 Å². The van der Waals surface area contributed by atoms with E-state index in [9.17, 15) is 19.2 Å². The number of rotatable bonds is 14. The summed E-state index contributed by atoms with van der Waals surface area (Å²) in [7, 11) is 0. The summed E-state index contributed by atoms with van der Waals surface area (Å²) in [5.74, 6) is 9.34. The third kappa shape index (κ3) is 12.8. The van der Waals surface area contributed by atoms with Gasteiger partial charge in [0.1, 0.15) is 11.9 Å². The molecule has 3 aliphatic heterocycles. The number of aromatic nitrogens is 3. The van der Waals surface area contributed by atoms with E-state index in [2.05, 4.69) is 93.0 Å². The van der Waals surface area contributed by atoms with Gasteiger partial charge in [-0.3, -0.25) is 23.7 Å². The number of nitrogens with zero attached hydrogens (tertiary/aromatic N) is 6. The Balaban J connectivity index is 0.000000155. The minimum atomic E-state index is -0.379. The lowest BCUT2D eigenvalue weighted by Gasteiger charge is -2.39. The molecule has 3 amide bonds. The van der Waals surface area contributed by atoms with E-state index in [1.807, 2.05) is 53.7 Å². The number of carbonyl (C=O) groups excluding carboxylic acids is 3. The Morgan fingerprint density at radius 1 is 0.910 bits per heavy atom. The van der Waals surface area contributed by atoms with Crippen LogP contribution in [0, 0.1) is 24.2 Å². The van der Waals surface area contributed by atoms with Crippen molar-refractivity contribution in [2.24, 2.45) is 28.8 Å². The second-order valence-electron chi connectivity index (χ2n) is 24.1. The number of thiazole rings is 1. The zero-order chi connectivity index (χ0) is 55.1. The first-order valence-electron chi connectivity index (χ1n) is 28.9. The van der Waals surface area contributed by atoms with Crippen molar-refractivity contribution >= 4 is 56.9 Å². The molecule has 0 radical (unpaired) electrons. The highest BCUT2D eigenvalue weighted by molar-refractivity contribution is 9.10. The lowest BCUT2D eigenvalue weighted by Crippen LogP contribution is -2.56. The lowest BCUT2D eigenvalue weighted by molar-refractivity contribution is -0.140. The number of likely N-dealkylation sites (tertiary alicyclic amines) is 2. The van der Waals surface area contributed by atoms with Crippen molar-refractivity contribution in [3.63, 3.8) is 0 Å². The topological polar surface area (TPSA) is 185 Å². The molecule has 3 aromatic carbocycles. The molecule has 3 atom stereocenters. The summed E-state index contributed by atoms with van der Waals surface area (Å²) < 4.78 is 3.15. The fraction of sp³-hybridized carbons (Fsp3) is 0.548. The fourth-order valence-electron chi connectivity index (χ4n) is 13.2. The van der Waals surface area contributed by atoms with Crippen molar-refractivity contribution < 1.29 is 14.4 Å². The van der Waals surface area contributed by atoms with Gasteiger partial charge in [0.2, 0.25) is 18.7 Å². The minimum Gasteiger partial charge on any atom is -0.401 e. The van der Waals surface area contributed by atoms with Gasteiger partial charge < -0.3 is 31.2 Å². The van der Waals surface area contributed by atoms with Crippen molar-refractivity contribution in [3.05, 3.63) is 121 Å². The van der Waals surface area contributed by atoms with Gasteiger partial charge in [-0.05, 0) is 165 Å². The summed E-state index contributed by atoms with van der Waals surface area (Å²) in [6, 6.07) is 20.9. The number of aryl methyl sites for hydroxylation is 1. The molecule has 3 aliphatic carbocycles. The second kappa shape index (κ2) is 25.4. The van der Waals surface area contributed by atoms with Crippen molar-refractivity contribution in [1.82, 2.24) is 40.0 Å². The Bertz CT molecular complexity index is 2960. The molecule has 78 heavy (non-hydrogen) atoms. The quantitative estimate of drug-likeness (QED) is 0.0474. The Kier molecular flexibility index (Phi) is 18.6. The number of amides is 3. The van der Waals surface area contributed by atoms with Crippen LogP contribution in [0.5, 0.6) is 0 Å². The molecule has 418 valence electrons. The Morgan fingerprint density at radius 2 is 1.63 bits per heavy atom. The minimum absolute atomic E-state index is 0.1000. The molecular formula is C62H83BrN10O4S. The monoisotopic (exact) mass is 1140 g/mol. The van der Waals surface area contributed by atoms with Gasteiger partial charge in [0, 0.05) is 48.0 Å². The van der Waals surface area contributed by atoms with Crippen LogP contribution in [0.4, 0.5) is 0 Å². The number of hydrogen-bond acceptors (Lipinski definition) is 11. The smallest absolute Gasteiger partial charge is 0.281 e. The molecule has 11 rings (SSSR count). The largest absolute Gasteiger partial charge is 0.401 e. The van der Waals surface area contributed by atoms with E-state index < -0.39 is 0 Å². The maximum absolute atomic E-state index is 13.3. The van der Waals surface area contributed by atoms with Crippen LogP contribution in [0.15, 0.2) is 87.3 Å². The second-order valence-corrected chi connectivity index (χ2v) is 25.8. The number of hydrogen-bond donors (Lipinski definition) is 4. The number of carbonyl (C=O) groups is 3. The number of nitrogens with one attached hydrogen (secondary N) is 2. The van der Waals surface area contributed by atoms with Gasteiger partial charge in [0.05, 0.1) is 44.1 Å². The highest BCUT2D eigenvalue weighted by Crippen LogP contribution is 2.52. The standard InChI is InChI=1S/C32H38BrN3O.C16H30N4O.C14H15N3O2S/c33-26-10-7-11-28-29(26)30(37)34-31-32(16-5-2-6-17-32)25-20-24(12-13-27(25)36(28)31)23-14-18-35(19-15-23)21-22-8-3-1-4-9-22;1-11-6-5-9-19(11)15(21)14(16(2,3)4)20(18)10-13(17)12-7-8-12;1-10-14(20-9-17-10)12-4-2-11(3-5-12)13(16-8-19)6-15-7-18/h7,10-13,20,22-23H,1-6,8-9,14-19,21H2;10-12,14H,5-9,17-18H2,1-4H3;2-5,7-9,13H,6H2,1H3,(H,15,18)(H,16,19)/b;13-10-;. The van der Waals surface area contributed by atoms with E-state index in [1.165, 1.54) is 101 Å². The van der Waals surface area contributed by atoms with Crippen LogP contribution in [-0.4, -0.2) is 92.9 Å². The average Bonchev–Trinajstić information content (AvgIpc) is 4.22. The molecule has 2 saturated heterocycles. The number of hydrazine groups is 1. The zero-order valence-electron chi connectivity index (χ0n) is 46.7. The van der Waals surface area contributed by atoms with Crippen molar-refractivity contribution in [2.75, 3.05) is 32.7 Å². The SMILES string of the molecule is CC1CCCN1C(=O)C(N(N)/C=C(\N)C1CC1)C(C)(C)C.Cc1ncsc1-c1ccc(C(CNC=O)NC=O)cc1.O=c1nc2n(c3cccc(Br)c13)-c1ccc(C3CCN(CC4CCCCC4)CC3)cc1C21CCCCC1.